The summed E-state index contributed by atoms with van der Waals surface area (Å²) < 4.78 is 42.1. The molecule has 7 nitrogen and oxygen atoms in total. The molecular formula is C18H23ClF3N3O4. The highest BCUT2D eigenvalue weighted by Crippen LogP contribution is 2.25. The zero-order valence-corrected chi connectivity index (χ0v) is 16.8. The van der Waals surface area contributed by atoms with Crippen LogP contribution in [0.3, 0.4) is 0 Å². The number of carbonyl (C=O) groups is 2. The van der Waals surface area contributed by atoms with Crippen molar-refractivity contribution in [3.8, 4) is 0 Å². The maximum atomic E-state index is 12.5. The highest BCUT2D eigenvalue weighted by atomic mass is 35.5. The van der Waals surface area contributed by atoms with Crippen LogP contribution in [-0.2, 0) is 16.1 Å². The third-order valence-corrected chi connectivity index (χ3v) is 4.81. The van der Waals surface area contributed by atoms with E-state index in [1.807, 2.05) is 4.90 Å². The van der Waals surface area contributed by atoms with Crippen LogP contribution >= 0.6 is 11.6 Å². The lowest BCUT2D eigenvalue weighted by Gasteiger charge is -2.35. The first-order chi connectivity index (χ1) is 13.5. The summed E-state index contributed by atoms with van der Waals surface area (Å²) in [4.78, 5) is 26.3. The number of rotatable bonds is 6. The van der Waals surface area contributed by atoms with Crippen LogP contribution in [0.1, 0.15) is 19.4 Å². The van der Waals surface area contributed by atoms with E-state index in [1.54, 1.807) is 18.2 Å². The molecule has 1 aromatic rings. The van der Waals surface area contributed by atoms with E-state index >= 15 is 0 Å². The molecule has 1 aliphatic heterocycles. The molecule has 0 bridgehead atoms. The number of piperazine rings is 1. The second kappa shape index (κ2) is 9.53. The van der Waals surface area contributed by atoms with E-state index in [-0.39, 0.29) is 13.1 Å². The second-order valence-electron chi connectivity index (χ2n) is 6.84. The molecule has 29 heavy (non-hydrogen) atoms. The van der Waals surface area contributed by atoms with Gasteiger partial charge in [-0.05, 0) is 31.5 Å². The van der Waals surface area contributed by atoms with Crippen LogP contribution < -0.4 is 5.32 Å². The smallest absolute Gasteiger partial charge is 0.425 e. The van der Waals surface area contributed by atoms with Gasteiger partial charge in [0.1, 0.15) is 6.04 Å². The van der Waals surface area contributed by atoms with Crippen molar-refractivity contribution in [3.63, 3.8) is 0 Å². The zero-order valence-electron chi connectivity index (χ0n) is 16.0. The fourth-order valence-electron chi connectivity index (χ4n) is 2.74. The minimum absolute atomic E-state index is 0.227. The van der Waals surface area contributed by atoms with Crippen LogP contribution in [0.15, 0.2) is 18.2 Å². The molecular weight excluding hydrogens is 415 g/mol. The third-order valence-electron chi connectivity index (χ3n) is 4.58. The molecule has 1 heterocycles. The first kappa shape index (κ1) is 23.1. The number of hydrogen-bond acceptors (Lipinski definition) is 5. The summed E-state index contributed by atoms with van der Waals surface area (Å²) in [5, 5.41) is 12.5. The van der Waals surface area contributed by atoms with Crippen molar-refractivity contribution in [2.24, 2.45) is 0 Å². The Labute approximate surface area is 171 Å². The Kier molecular flexibility index (Phi) is 7.59. The fourth-order valence-corrected chi connectivity index (χ4v) is 2.91. The number of anilines is 1. The number of carbonyl (C=O) groups excluding carboxylic acids is 1. The maximum Gasteiger partial charge on any atom is 0.425 e. The summed E-state index contributed by atoms with van der Waals surface area (Å²) in [6.07, 6.45) is -7.74. The zero-order chi connectivity index (χ0) is 21.8. The molecule has 2 N–H and O–H groups in total. The molecule has 0 aromatic heterocycles. The summed E-state index contributed by atoms with van der Waals surface area (Å²) in [5.41, 5.74) is 1.41. The van der Waals surface area contributed by atoms with Gasteiger partial charge in [0.25, 0.3) is 0 Å². The van der Waals surface area contributed by atoms with Crippen molar-refractivity contribution in [2.75, 3.05) is 31.5 Å². The Morgan fingerprint density at radius 1 is 1.24 bits per heavy atom. The van der Waals surface area contributed by atoms with E-state index in [0.717, 1.165) is 12.5 Å². The molecule has 1 amide bonds. The van der Waals surface area contributed by atoms with Gasteiger partial charge >= 0.3 is 18.2 Å². The van der Waals surface area contributed by atoms with E-state index in [2.05, 4.69) is 10.1 Å². The van der Waals surface area contributed by atoms with Gasteiger partial charge in [0.15, 0.2) is 6.10 Å². The lowest BCUT2D eigenvalue weighted by Crippen LogP contribution is -2.49. The molecule has 1 fully saturated rings. The first-order valence-corrected chi connectivity index (χ1v) is 9.37. The van der Waals surface area contributed by atoms with E-state index in [0.29, 0.717) is 30.3 Å². The minimum Gasteiger partial charge on any atom is -0.480 e. The molecule has 1 saturated heterocycles. The number of amides is 1. The number of halogens is 4. The third kappa shape index (κ3) is 6.67. The number of alkyl halides is 3. The quantitative estimate of drug-likeness (QED) is 0.709. The maximum absolute atomic E-state index is 12.5. The topological polar surface area (TPSA) is 82.1 Å². The molecule has 0 saturated carbocycles. The predicted molar refractivity (Wildman–Crippen MR) is 101 cm³/mol. The number of aliphatic carboxylic acids is 1. The van der Waals surface area contributed by atoms with Crippen molar-refractivity contribution in [1.82, 2.24) is 9.80 Å². The summed E-state index contributed by atoms with van der Waals surface area (Å²) in [6.45, 7) is 4.10. The van der Waals surface area contributed by atoms with Crippen LogP contribution in [0.25, 0.3) is 0 Å². The van der Waals surface area contributed by atoms with E-state index in [1.165, 1.54) is 11.8 Å². The number of nitrogens with one attached hydrogen (secondary N) is 1. The highest BCUT2D eigenvalue weighted by molar-refractivity contribution is 6.30. The van der Waals surface area contributed by atoms with E-state index < -0.39 is 30.4 Å². The van der Waals surface area contributed by atoms with Gasteiger partial charge in [-0.3, -0.25) is 9.69 Å². The Bertz CT molecular complexity index is 740. The second-order valence-corrected chi connectivity index (χ2v) is 7.27. The van der Waals surface area contributed by atoms with E-state index in [4.69, 9.17) is 16.7 Å². The normalized spacial score (nSPS) is 17.5. The molecule has 0 aliphatic carbocycles. The lowest BCUT2D eigenvalue weighted by molar-refractivity contribution is -0.200. The van der Waals surface area contributed by atoms with Crippen LogP contribution in [-0.4, -0.2) is 71.5 Å². The average molecular weight is 438 g/mol. The van der Waals surface area contributed by atoms with Gasteiger partial charge in [-0.15, -0.1) is 0 Å². The van der Waals surface area contributed by atoms with Gasteiger partial charge < -0.3 is 20.1 Å². The van der Waals surface area contributed by atoms with Crippen molar-refractivity contribution < 1.29 is 32.6 Å². The van der Waals surface area contributed by atoms with Crippen LogP contribution in [0.2, 0.25) is 5.02 Å². The standard InChI is InChI=1S/C18H23ClF3N3O4/c1-11(16(26)27)23-15-9-14(19)4-3-13(15)10-24-5-7-25(8-6-24)17(28)29-12(2)18(20,21)22/h3-4,9,11-12,23H,5-8,10H2,1-2H3,(H,26,27)/t11-,12?/m0/s1. The Balaban J connectivity index is 1.94. The van der Waals surface area contributed by atoms with Crippen LogP contribution in [0, 0.1) is 0 Å². The van der Waals surface area contributed by atoms with Gasteiger partial charge in [0.2, 0.25) is 0 Å². The van der Waals surface area contributed by atoms with Gasteiger partial charge in [0.05, 0.1) is 0 Å². The van der Waals surface area contributed by atoms with Crippen molar-refractivity contribution in [2.45, 2.75) is 38.7 Å². The van der Waals surface area contributed by atoms with E-state index in [9.17, 15) is 22.8 Å². The Morgan fingerprint density at radius 3 is 2.41 bits per heavy atom. The van der Waals surface area contributed by atoms with Crippen molar-refractivity contribution >= 4 is 29.4 Å². The number of ether oxygens (including phenoxy) is 1. The van der Waals surface area contributed by atoms with Gasteiger partial charge in [0, 0.05) is 43.4 Å². The monoisotopic (exact) mass is 437 g/mol. The molecule has 0 radical (unpaired) electrons. The number of carboxylic acid groups (broad SMARTS) is 1. The summed E-state index contributed by atoms with van der Waals surface area (Å²) in [6, 6.07) is 4.31. The molecule has 2 atom stereocenters. The fraction of sp³-hybridized carbons (Fsp3) is 0.556. The molecule has 11 heteroatoms. The van der Waals surface area contributed by atoms with Gasteiger partial charge in [-0.25, -0.2) is 4.79 Å². The molecule has 162 valence electrons. The van der Waals surface area contributed by atoms with Crippen LogP contribution in [0.4, 0.5) is 23.7 Å². The minimum atomic E-state index is -4.59. The number of carboxylic acids is 1. The number of benzene rings is 1. The highest BCUT2D eigenvalue weighted by Gasteiger charge is 2.40. The molecule has 1 unspecified atom stereocenters. The molecule has 1 aliphatic rings. The number of hydrogen-bond donors (Lipinski definition) is 2. The molecule has 0 spiro atoms. The Hall–Kier alpha value is -2.20. The summed E-state index contributed by atoms with van der Waals surface area (Å²) in [7, 11) is 0. The Morgan fingerprint density at radius 2 is 1.86 bits per heavy atom. The first-order valence-electron chi connectivity index (χ1n) is 8.99. The molecule has 2 rings (SSSR count). The summed E-state index contributed by atoms with van der Waals surface area (Å²) >= 11 is 6.01. The number of nitrogens with zero attached hydrogens (tertiary/aromatic N) is 2. The lowest BCUT2D eigenvalue weighted by atomic mass is 10.1. The SMILES string of the molecule is CC(OC(=O)N1CCN(Cc2ccc(Cl)cc2N[C@@H](C)C(=O)O)CC1)C(F)(F)F. The van der Waals surface area contributed by atoms with Crippen molar-refractivity contribution in [3.05, 3.63) is 28.8 Å². The van der Waals surface area contributed by atoms with Gasteiger partial charge in [-0.2, -0.15) is 13.2 Å². The largest absolute Gasteiger partial charge is 0.480 e. The summed E-state index contributed by atoms with van der Waals surface area (Å²) in [5.74, 6) is -1.00. The van der Waals surface area contributed by atoms with Crippen molar-refractivity contribution in [1.29, 1.82) is 0 Å². The van der Waals surface area contributed by atoms with Crippen LogP contribution in [0.5, 0.6) is 0 Å². The predicted octanol–water partition coefficient (Wildman–Crippen LogP) is 3.43. The average Bonchev–Trinajstić information content (AvgIpc) is 2.63. The van der Waals surface area contributed by atoms with Gasteiger partial charge in [-0.1, -0.05) is 17.7 Å². The molecule has 1 aromatic carbocycles.